The fourth-order valence-electron chi connectivity index (χ4n) is 2.75. The molecule has 1 aromatic rings. The first-order valence-corrected chi connectivity index (χ1v) is 8.70. The average molecular weight is 316 g/mol. The zero-order chi connectivity index (χ0) is 16.5. The van der Waals surface area contributed by atoms with E-state index in [1.54, 1.807) is 6.07 Å². The summed E-state index contributed by atoms with van der Waals surface area (Å²) < 4.78 is 0. The van der Waals surface area contributed by atoms with E-state index < -0.39 is 0 Å². The average Bonchev–Trinajstić information content (AvgIpc) is 2.60. The summed E-state index contributed by atoms with van der Waals surface area (Å²) in [5.41, 5.74) is 1.91. The number of nitrogens with one attached hydrogen (secondary N) is 1. The van der Waals surface area contributed by atoms with Gasteiger partial charge in [-0.1, -0.05) is 25.0 Å². The van der Waals surface area contributed by atoms with E-state index in [2.05, 4.69) is 33.2 Å². The van der Waals surface area contributed by atoms with Crippen LogP contribution in [-0.4, -0.2) is 36.0 Å². The molecule has 0 atom stereocenters. The standard InChI is InChI=1S/C18H28N4O/c1-3-4-12-22(2)17-13-16(20-14-21-17)18(23)19-11-10-15-8-6-5-7-9-15/h8,13-14H,3-7,9-12H2,1-2H3,(H,19,23). The van der Waals surface area contributed by atoms with Gasteiger partial charge in [-0.15, -0.1) is 0 Å². The second-order valence-electron chi connectivity index (χ2n) is 6.15. The summed E-state index contributed by atoms with van der Waals surface area (Å²) in [6.07, 6.45) is 11.9. The molecule has 1 heterocycles. The number of hydrogen-bond donors (Lipinski definition) is 1. The fourth-order valence-corrected chi connectivity index (χ4v) is 2.75. The van der Waals surface area contributed by atoms with Crippen LogP contribution in [0.15, 0.2) is 24.0 Å². The molecule has 0 fully saturated rings. The van der Waals surface area contributed by atoms with Gasteiger partial charge in [-0.25, -0.2) is 9.97 Å². The maximum absolute atomic E-state index is 12.2. The molecule has 1 aliphatic carbocycles. The van der Waals surface area contributed by atoms with E-state index >= 15 is 0 Å². The number of anilines is 1. The Morgan fingerprint density at radius 1 is 1.35 bits per heavy atom. The van der Waals surface area contributed by atoms with E-state index in [1.807, 2.05) is 7.05 Å². The van der Waals surface area contributed by atoms with Crippen molar-refractivity contribution in [2.75, 3.05) is 25.0 Å². The van der Waals surface area contributed by atoms with Gasteiger partial charge in [0.15, 0.2) is 0 Å². The number of unbranched alkanes of at least 4 members (excludes halogenated alkanes) is 1. The van der Waals surface area contributed by atoms with Crippen LogP contribution in [0.1, 0.15) is 62.4 Å². The molecule has 23 heavy (non-hydrogen) atoms. The fraction of sp³-hybridized carbons (Fsp3) is 0.611. The van der Waals surface area contributed by atoms with Crippen LogP contribution in [0.4, 0.5) is 5.82 Å². The predicted molar refractivity (Wildman–Crippen MR) is 93.7 cm³/mol. The van der Waals surface area contributed by atoms with Crippen LogP contribution in [0.5, 0.6) is 0 Å². The lowest BCUT2D eigenvalue weighted by Crippen LogP contribution is -2.27. The maximum Gasteiger partial charge on any atom is 0.270 e. The van der Waals surface area contributed by atoms with Gasteiger partial charge in [-0.2, -0.15) is 0 Å². The Morgan fingerprint density at radius 3 is 2.96 bits per heavy atom. The molecule has 1 amide bonds. The van der Waals surface area contributed by atoms with Crippen LogP contribution >= 0.6 is 0 Å². The van der Waals surface area contributed by atoms with Crippen LogP contribution in [0.2, 0.25) is 0 Å². The molecule has 1 aromatic heterocycles. The molecule has 0 bridgehead atoms. The molecule has 0 aliphatic heterocycles. The van der Waals surface area contributed by atoms with Crippen LogP contribution in [0.3, 0.4) is 0 Å². The largest absolute Gasteiger partial charge is 0.360 e. The van der Waals surface area contributed by atoms with Crippen molar-refractivity contribution in [1.29, 1.82) is 0 Å². The van der Waals surface area contributed by atoms with E-state index in [0.717, 1.165) is 31.6 Å². The third-order valence-electron chi connectivity index (χ3n) is 4.24. The first kappa shape index (κ1) is 17.4. The third kappa shape index (κ3) is 5.66. The lowest BCUT2D eigenvalue weighted by atomic mass is 9.97. The summed E-state index contributed by atoms with van der Waals surface area (Å²) >= 11 is 0. The van der Waals surface area contributed by atoms with Crippen LogP contribution in [0, 0.1) is 0 Å². The summed E-state index contributed by atoms with van der Waals surface area (Å²) in [5.74, 6) is 0.683. The second-order valence-corrected chi connectivity index (χ2v) is 6.15. The van der Waals surface area contributed by atoms with Crippen LogP contribution < -0.4 is 10.2 Å². The number of nitrogens with zero attached hydrogens (tertiary/aromatic N) is 3. The quantitative estimate of drug-likeness (QED) is 0.747. The molecule has 0 aromatic carbocycles. The van der Waals surface area contributed by atoms with Crippen molar-refractivity contribution >= 4 is 11.7 Å². The highest BCUT2D eigenvalue weighted by Gasteiger charge is 2.11. The number of carbonyl (C=O) groups is 1. The van der Waals surface area contributed by atoms with Crippen molar-refractivity contribution in [3.8, 4) is 0 Å². The van der Waals surface area contributed by atoms with Gasteiger partial charge in [-0.05, 0) is 38.5 Å². The summed E-state index contributed by atoms with van der Waals surface area (Å²) in [5, 5.41) is 2.97. The molecule has 0 radical (unpaired) electrons. The molecule has 0 saturated carbocycles. The van der Waals surface area contributed by atoms with Gasteiger partial charge < -0.3 is 10.2 Å². The van der Waals surface area contributed by atoms with Crippen LogP contribution in [-0.2, 0) is 0 Å². The van der Waals surface area contributed by atoms with E-state index in [4.69, 9.17) is 0 Å². The minimum absolute atomic E-state index is 0.117. The molecule has 2 rings (SSSR count). The van der Waals surface area contributed by atoms with Crippen molar-refractivity contribution in [3.05, 3.63) is 29.7 Å². The van der Waals surface area contributed by atoms with Crippen molar-refractivity contribution in [3.63, 3.8) is 0 Å². The van der Waals surface area contributed by atoms with Crippen LogP contribution in [0.25, 0.3) is 0 Å². The molecule has 5 nitrogen and oxygen atoms in total. The van der Waals surface area contributed by atoms with Crippen molar-refractivity contribution in [2.24, 2.45) is 0 Å². The Kier molecular flexibility index (Phi) is 7.04. The third-order valence-corrected chi connectivity index (χ3v) is 4.24. The number of carbonyl (C=O) groups excluding carboxylic acids is 1. The number of aromatic nitrogens is 2. The number of amides is 1. The lowest BCUT2D eigenvalue weighted by Gasteiger charge is -2.17. The molecule has 1 aliphatic rings. The van der Waals surface area contributed by atoms with E-state index in [-0.39, 0.29) is 5.91 Å². The molecule has 1 N–H and O–H groups in total. The number of rotatable bonds is 8. The van der Waals surface area contributed by atoms with Crippen molar-refractivity contribution < 1.29 is 4.79 Å². The Hall–Kier alpha value is -1.91. The minimum Gasteiger partial charge on any atom is -0.360 e. The predicted octanol–water partition coefficient (Wildman–Crippen LogP) is 3.33. The molecular formula is C18H28N4O. The van der Waals surface area contributed by atoms with E-state index in [9.17, 15) is 4.79 Å². The zero-order valence-corrected chi connectivity index (χ0v) is 14.3. The smallest absolute Gasteiger partial charge is 0.270 e. The molecule has 0 saturated heterocycles. The monoisotopic (exact) mass is 316 g/mol. The summed E-state index contributed by atoms with van der Waals surface area (Å²) in [6.45, 7) is 3.77. The highest BCUT2D eigenvalue weighted by atomic mass is 16.1. The molecule has 5 heteroatoms. The summed E-state index contributed by atoms with van der Waals surface area (Å²) in [6, 6.07) is 1.77. The highest BCUT2D eigenvalue weighted by Crippen LogP contribution is 2.19. The minimum atomic E-state index is -0.117. The summed E-state index contributed by atoms with van der Waals surface area (Å²) in [4.78, 5) is 22.7. The topological polar surface area (TPSA) is 58.1 Å². The number of hydrogen-bond acceptors (Lipinski definition) is 4. The number of allylic oxidation sites excluding steroid dienone is 1. The van der Waals surface area contributed by atoms with Crippen molar-refractivity contribution in [2.45, 2.75) is 51.9 Å². The first-order chi connectivity index (χ1) is 11.2. The Labute approximate surface area is 139 Å². The first-order valence-electron chi connectivity index (χ1n) is 8.70. The van der Waals surface area contributed by atoms with Gasteiger partial charge in [0.25, 0.3) is 5.91 Å². The normalized spacial score (nSPS) is 14.3. The Bertz CT molecular complexity index is 542. The van der Waals surface area contributed by atoms with Gasteiger partial charge >= 0.3 is 0 Å². The second kappa shape index (κ2) is 9.28. The summed E-state index contributed by atoms with van der Waals surface area (Å²) in [7, 11) is 2.00. The SMILES string of the molecule is CCCCN(C)c1cc(C(=O)NCCC2=CCCCC2)ncn1. The Morgan fingerprint density at radius 2 is 2.22 bits per heavy atom. The lowest BCUT2D eigenvalue weighted by molar-refractivity contribution is 0.0949. The maximum atomic E-state index is 12.2. The van der Waals surface area contributed by atoms with Crippen molar-refractivity contribution in [1.82, 2.24) is 15.3 Å². The Balaban J connectivity index is 1.85. The molecular weight excluding hydrogens is 288 g/mol. The molecule has 126 valence electrons. The van der Waals surface area contributed by atoms with Gasteiger partial charge in [0.2, 0.25) is 0 Å². The van der Waals surface area contributed by atoms with Gasteiger partial charge in [-0.3, -0.25) is 4.79 Å². The van der Waals surface area contributed by atoms with Gasteiger partial charge in [0.1, 0.15) is 17.8 Å². The van der Waals surface area contributed by atoms with Gasteiger partial charge in [0, 0.05) is 26.2 Å². The molecule has 0 spiro atoms. The van der Waals surface area contributed by atoms with E-state index in [1.165, 1.54) is 37.6 Å². The zero-order valence-electron chi connectivity index (χ0n) is 14.3. The highest BCUT2D eigenvalue weighted by molar-refractivity contribution is 5.92. The van der Waals surface area contributed by atoms with E-state index in [0.29, 0.717) is 12.2 Å². The molecule has 0 unspecified atom stereocenters. The van der Waals surface area contributed by atoms with Gasteiger partial charge in [0.05, 0.1) is 0 Å².